The van der Waals surface area contributed by atoms with Gasteiger partial charge in [-0.1, -0.05) is 12.2 Å². The molecule has 49 valence electrons. The maximum absolute atomic E-state index is 9.81. The normalized spacial score (nSPS) is 9.78. The lowest BCUT2D eigenvalue weighted by molar-refractivity contribution is -0.136. The Labute approximate surface area is 53.0 Å². The van der Waals surface area contributed by atoms with E-state index >= 15 is 0 Å². The lowest BCUT2D eigenvalue weighted by Crippen LogP contribution is -1.89. The fraction of sp³-hybridized carbons (Fsp3) is 0.333. The first kappa shape index (κ1) is 7.88. The molecule has 0 fully saturated rings. The highest BCUT2D eigenvalue weighted by atomic mass is 16.4. The van der Waals surface area contributed by atoms with E-state index in [1.54, 1.807) is 6.29 Å². The van der Waals surface area contributed by atoms with Crippen LogP contribution in [0.2, 0.25) is 0 Å². The Balaban J connectivity index is 3.24. The third-order valence-electron chi connectivity index (χ3n) is 0.660. The zero-order valence-corrected chi connectivity index (χ0v) is 4.83. The Morgan fingerprint density at radius 1 is 1.56 bits per heavy atom. The monoisotopic (exact) mass is 127 g/mol. The van der Waals surface area contributed by atoms with E-state index in [4.69, 9.17) is 5.11 Å². The van der Waals surface area contributed by atoms with Crippen molar-refractivity contribution in [3.8, 4) is 0 Å². The lowest BCUT2D eigenvalue weighted by atomic mass is 10.3. The standard InChI is InChI=1S/C6H7O3/c7-5-3-1-2-4-6(8)9/h1-2H,3-4H2,(H,8,9)/b2-1+. The molecule has 0 aliphatic rings. The summed E-state index contributed by atoms with van der Waals surface area (Å²) in [6.45, 7) is 0. The second-order valence-corrected chi connectivity index (χ2v) is 1.42. The first-order valence-electron chi connectivity index (χ1n) is 2.49. The summed E-state index contributed by atoms with van der Waals surface area (Å²) >= 11 is 0. The molecule has 0 spiro atoms. The maximum atomic E-state index is 9.81. The van der Waals surface area contributed by atoms with Crippen LogP contribution in [0.15, 0.2) is 12.2 Å². The van der Waals surface area contributed by atoms with E-state index in [1.807, 2.05) is 0 Å². The van der Waals surface area contributed by atoms with Crippen LogP contribution in [0, 0.1) is 0 Å². The number of carbonyl (C=O) groups is 1. The summed E-state index contributed by atoms with van der Waals surface area (Å²) in [5, 5.41) is 8.06. The summed E-state index contributed by atoms with van der Waals surface area (Å²) in [6, 6.07) is 0. The molecule has 0 aromatic carbocycles. The van der Waals surface area contributed by atoms with Crippen molar-refractivity contribution in [1.82, 2.24) is 0 Å². The van der Waals surface area contributed by atoms with Gasteiger partial charge in [-0.3, -0.25) is 9.59 Å². The van der Waals surface area contributed by atoms with Crippen molar-refractivity contribution in [2.24, 2.45) is 0 Å². The fourth-order valence-corrected chi connectivity index (χ4v) is 0.316. The fourth-order valence-electron chi connectivity index (χ4n) is 0.316. The van der Waals surface area contributed by atoms with Crippen molar-refractivity contribution < 1.29 is 14.7 Å². The minimum atomic E-state index is -0.892. The molecule has 0 heterocycles. The van der Waals surface area contributed by atoms with E-state index in [0.717, 1.165) is 0 Å². The van der Waals surface area contributed by atoms with Crippen LogP contribution in [0.25, 0.3) is 0 Å². The van der Waals surface area contributed by atoms with E-state index in [2.05, 4.69) is 0 Å². The minimum absolute atomic E-state index is 0.0261. The average Bonchev–Trinajstić information content (AvgIpc) is 1.80. The molecule has 0 saturated carbocycles. The Morgan fingerprint density at radius 3 is 2.67 bits per heavy atom. The Morgan fingerprint density at radius 2 is 2.22 bits per heavy atom. The summed E-state index contributed by atoms with van der Waals surface area (Å²) < 4.78 is 0. The van der Waals surface area contributed by atoms with E-state index in [-0.39, 0.29) is 12.8 Å². The molecule has 3 heteroatoms. The van der Waals surface area contributed by atoms with Crippen molar-refractivity contribution in [3.05, 3.63) is 12.2 Å². The molecule has 3 nitrogen and oxygen atoms in total. The second kappa shape index (κ2) is 5.03. The molecule has 0 saturated heterocycles. The van der Waals surface area contributed by atoms with Crippen molar-refractivity contribution in [2.75, 3.05) is 0 Å². The maximum Gasteiger partial charge on any atom is 0.307 e. The molecule has 0 amide bonds. The lowest BCUT2D eigenvalue weighted by Gasteiger charge is -1.79. The molecular formula is C6H7O3. The Kier molecular flexibility index (Phi) is 4.40. The highest BCUT2D eigenvalue weighted by Gasteiger charge is 1.87. The van der Waals surface area contributed by atoms with E-state index in [1.165, 1.54) is 12.2 Å². The zero-order chi connectivity index (χ0) is 7.11. The molecule has 0 unspecified atom stereocenters. The number of aliphatic carboxylic acids is 1. The Bertz CT molecular complexity index is 126. The number of hydrogen-bond donors (Lipinski definition) is 1. The van der Waals surface area contributed by atoms with Gasteiger partial charge in [0.25, 0.3) is 0 Å². The number of carbonyl (C=O) groups excluding carboxylic acids is 1. The smallest absolute Gasteiger partial charge is 0.307 e. The van der Waals surface area contributed by atoms with Crippen LogP contribution >= 0.6 is 0 Å². The van der Waals surface area contributed by atoms with Gasteiger partial charge in [0.2, 0.25) is 6.29 Å². The van der Waals surface area contributed by atoms with Crippen LogP contribution in [-0.2, 0) is 9.59 Å². The number of allylic oxidation sites excluding steroid dienone is 1. The Hall–Kier alpha value is -1.12. The van der Waals surface area contributed by atoms with Gasteiger partial charge in [0.15, 0.2) is 0 Å². The number of rotatable bonds is 4. The number of hydrogen-bond acceptors (Lipinski definition) is 2. The molecule has 9 heavy (non-hydrogen) atoms. The average molecular weight is 127 g/mol. The molecule has 0 bridgehead atoms. The highest BCUT2D eigenvalue weighted by molar-refractivity contribution is 5.68. The highest BCUT2D eigenvalue weighted by Crippen LogP contribution is 1.83. The van der Waals surface area contributed by atoms with Crippen LogP contribution in [0.1, 0.15) is 12.8 Å². The van der Waals surface area contributed by atoms with E-state index in [0.29, 0.717) is 0 Å². The molecule has 0 aromatic heterocycles. The van der Waals surface area contributed by atoms with Crippen molar-refractivity contribution in [1.29, 1.82) is 0 Å². The zero-order valence-electron chi connectivity index (χ0n) is 4.83. The van der Waals surface area contributed by atoms with Gasteiger partial charge in [0, 0.05) is 6.42 Å². The predicted octanol–water partition coefficient (Wildman–Crippen LogP) is 0.517. The predicted molar refractivity (Wildman–Crippen MR) is 31.7 cm³/mol. The third-order valence-corrected chi connectivity index (χ3v) is 0.660. The van der Waals surface area contributed by atoms with Crippen LogP contribution in [0.5, 0.6) is 0 Å². The van der Waals surface area contributed by atoms with Gasteiger partial charge < -0.3 is 5.11 Å². The van der Waals surface area contributed by atoms with Gasteiger partial charge >= 0.3 is 5.97 Å². The van der Waals surface area contributed by atoms with Gasteiger partial charge in [-0.15, -0.1) is 0 Å². The quantitative estimate of drug-likeness (QED) is 0.560. The SMILES string of the molecule is O=[C]C/C=C/CC(=O)O. The summed E-state index contributed by atoms with van der Waals surface area (Å²) in [6.07, 6.45) is 4.66. The van der Waals surface area contributed by atoms with Crippen molar-refractivity contribution in [3.63, 3.8) is 0 Å². The van der Waals surface area contributed by atoms with Gasteiger partial charge in [0.1, 0.15) is 0 Å². The summed E-state index contributed by atoms with van der Waals surface area (Å²) in [4.78, 5) is 19.3. The number of carboxylic acids is 1. The molecule has 0 atom stereocenters. The molecule has 0 aliphatic carbocycles. The first-order chi connectivity index (χ1) is 4.27. The molecule has 0 aliphatic heterocycles. The van der Waals surface area contributed by atoms with Crippen LogP contribution < -0.4 is 0 Å². The second-order valence-electron chi connectivity index (χ2n) is 1.42. The van der Waals surface area contributed by atoms with Gasteiger partial charge in [-0.25, -0.2) is 0 Å². The van der Waals surface area contributed by atoms with Crippen molar-refractivity contribution in [2.45, 2.75) is 12.8 Å². The molecule has 1 radical (unpaired) electrons. The van der Waals surface area contributed by atoms with Crippen molar-refractivity contribution >= 4 is 12.3 Å². The minimum Gasteiger partial charge on any atom is -0.481 e. The molecular weight excluding hydrogens is 120 g/mol. The topological polar surface area (TPSA) is 54.4 Å². The van der Waals surface area contributed by atoms with E-state index < -0.39 is 5.97 Å². The van der Waals surface area contributed by atoms with Gasteiger partial charge in [0.05, 0.1) is 6.42 Å². The third kappa shape index (κ3) is 6.88. The largest absolute Gasteiger partial charge is 0.481 e. The van der Waals surface area contributed by atoms with Gasteiger partial charge in [-0.05, 0) is 0 Å². The molecule has 1 N–H and O–H groups in total. The van der Waals surface area contributed by atoms with E-state index in [9.17, 15) is 9.59 Å². The molecule has 0 aromatic rings. The van der Waals surface area contributed by atoms with Crippen LogP contribution in [0.3, 0.4) is 0 Å². The molecule has 0 rings (SSSR count). The number of carboxylic acid groups (broad SMARTS) is 1. The van der Waals surface area contributed by atoms with Gasteiger partial charge in [-0.2, -0.15) is 0 Å². The first-order valence-corrected chi connectivity index (χ1v) is 2.49. The van der Waals surface area contributed by atoms with Crippen LogP contribution in [0.4, 0.5) is 0 Å². The van der Waals surface area contributed by atoms with Crippen LogP contribution in [-0.4, -0.2) is 17.4 Å². The summed E-state index contributed by atoms with van der Waals surface area (Å²) in [5.41, 5.74) is 0. The summed E-state index contributed by atoms with van der Waals surface area (Å²) in [5.74, 6) is -0.892. The summed E-state index contributed by atoms with van der Waals surface area (Å²) in [7, 11) is 0.